The van der Waals surface area contributed by atoms with E-state index in [1.54, 1.807) is 0 Å². The Hall–Kier alpha value is -0.650. The lowest BCUT2D eigenvalue weighted by atomic mass is 9.43. The smallest absolute Gasteiger partial charge is 0.303 e. The lowest BCUT2D eigenvalue weighted by molar-refractivity contribution is -0.207. The minimum absolute atomic E-state index is 0.0957. The van der Waals surface area contributed by atoms with Crippen molar-refractivity contribution in [2.45, 2.75) is 96.9 Å². The zero-order chi connectivity index (χ0) is 21.1. The fraction of sp³-hybridized carbons (Fsp3) is 0.958. The van der Waals surface area contributed by atoms with Gasteiger partial charge in [0.15, 0.2) is 0 Å². The van der Waals surface area contributed by atoms with Crippen LogP contribution in [0.5, 0.6) is 0 Å². The Labute approximate surface area is 174 Å². The molecule has 0 heterocycles. The van der Waals surface area contributed by atoms with Crippen LogP contribution in [0.4, 0.5) is 0 Å². The molecule has 1 unspecified atom stereocenters. The van der Waals surface area contributed by atoms with Crippen LogP contribution in [-0.2, 0) is 4.79 Å². The van der Waals surface area contributed by atoms with Crippen LogP contribution in [-0.4, -0.2) is 44.7 Å². The molecule has 0 radical (unpaired) electrons. The Morgan fingerprint density at radius 2 is 1.76 bits per heavy atom. The second-order valence-corrected chi connectivity index (χ2v) is 11.4. The summed E-state index contributed by atoms with van der Waals surface area (Å²) in [6, 6.07) is 0. The molecule has 0 spiro atoms. The summed E-state index contributed by atoms with van der Waals surface area (Å²) in [5, 5.41) is 42.0. The number of rotatable bonds is 4. The first kappa shape index (κ1) is 21.6. The molecule has 5 heteroatoms. The second kappa shape index (κ2) is 7.49. The summed E-state index contributed by atoms with van der Waals surface area (Å²) in [7, 11) is 0. The van der Waals surface area contributed by atoms with Crippen LogP contribution >= 0.6 is 0 Å². The van der Waals surface area contributed by atoms with E-state index in [-0.39, 0.29) is 41.3 Å². The number of hydrogen-bond donors (Lipinski definition) is 4. The van der Waals surface area contributed by atoms with Crippen molar-refractivity contribution < 1.29 is 25.2 Å². The summed E-state index contributed by atoms with van der Waals surface area (Å²) in [6.07, 6.45) is 6.00. The monoisotopic (exact) mass is 408 g/mol. The van der Waals surface area contributed by atoms with Gasteiger partial charge >= 0.3 is 5.97 Å². The number of hydrogen-bond acceptors (Lipinski definition) is 4. The molecule has 0 amide bonds. The summed E-state index contributed by atoms with van der Waals surface area (Å²) < 4.78 is 0. The number of carboxylic acid groups (broad SMARTS) is 1. The van der Waals surface area contributed by atoms with E-state index in [0.717, 1.165) is 44.9 Å². The number of carboxylic acids is 1. The van der Waals surface area contributed by atoms with Crippen molar-refractivity contribution in [3.8, 4) is 0 Å². The van der Waals surface area contributed by atoms with Gasteiger partial charge in [-0.05, 0) is 97.7 Å². The highest BCUT2D eigenvalue weighted by Gasteiger charge is 2.65. The van der Waals surface area contributed by atoms with Gasteiger partial charge in [0, 0.05) is 6.42 Å². The molecular formula is C24H40O5. The molecule has 0 saturated heterocycles. The van der Waals surface area contributed by atoms with Gasteiger partial charge in [-0.15, -0.1) is 0 Å². The van der Waals surface area contributed by atoms with Gasteiger partial charge in [0.2, 0.25) is 0 Å². The molecule has 4 aliphatic rings. The molecule has 29 heavy (non-hydrogen) atoms. The first-order valence-corrected chi connectivity index (χ1v) is 11.8. The van der Waals surface area contributed by atoms with Crippen molar-refractivity contribution in [1.29, 1.82) is 0 Å². The van der Waals surface area contributed by atoms with Crippen LogP contribution in [0.1, 0.15) is 78.6 Å². The van der Waals surface area contributed by atoms with Gasteiger partial charge in [0.05, 0.1) is 18.3 Å². The van der Waals surface area contributed by atoms with E-state index in [4.69, 9.17) is 5.11 Å². The summed E-state index contributed by atoms with van der Waals surface area (Å²) in [6.45, 7) is 6.72. The van der Waals surface area contributed by atoms with E-state index in [2.05, 4.69) is 20.8 Å². The molecule has 0 aromatic heterocycles. The lowest BCUT2D eigenvalue weighted by Crippen LogP contribution is -2.62. The van der Waals surface area contributed by atoms with Crippen LogP contribution < -0.4 is 0 Å². The summed E-state index contributed by atoms with van der Waals surface area (Å²) in [5.74, 6) is 0.997. The zero-order valence-electron chi connectivity index (χ0n) is 18.3. The van der Waals surface area contributed by atoms with Crippen molar-refractivity contribution in [3.05, 3.63) is 0 Å². The Balaban J connectivity index is 1.61. The molecule has 4 rings (SSSR count). The van der Waals surface area contributed by atoms with Crippen LogP contribution in [0.2, 0.25) is 0 Å². The average Bonchev–Trinajstić information content (AvgIpc) is 3.01. The van der Waals surface area contributed by atoms with Gasteiger partial charge in [-0.2, -0.15) is 0 Å². The van der Waals surface area contributed by atoms with Crippen molar-refractivity contribution in [2.24, 2.45) is 46.3 Å². The largest absolute Gasteiger partial charge is 0.481 e. The summed E-state index contributed by atoms with van der Waals surface area (Å²) in [4.78, 5) is 11.1. The van der Waals surface area contributed by atoms with E-state index in [1.165, 1.54) is 0 Å². The van der Waals surface area contributed by atoms with Crippen molar-refractivity contribution in [3.63, 3.8) is 0 Å². The Morgan fingerprint density at radius 3 is 2.45 bits per heavy atom. The van der Waals surface area contributed by atoms with Crippen molar-refractivity contribution in [1.82, 2.24) is 0 Å². The van der Waals surface area contributed by atoms with Crippen LogP contribution in [0.3, 0.4) is 0 Å². The van der Waals surface area contributed by atoms with Crippen LogP contribution in [0, 0.1) is 46.3 Å². The molecule has 11 atom stereocenters. The maximum Gasteiger partial charge on any atom is 0.303 e. The van der Waals surface area contributed by atoms with Gasteiger partial charge < -0.3 is 20.4 Å². The van der Waals surface area contributed by atoms with E-state index in [1.807, 2.05) is 0 Å². The predicted octanol–water partition coefficient (Wildman–Crippen LogP) is 3.45. The molecule has 4 N–H and O–H groups in total. The highest BCUT2D eigenvalue weighted by Crippen LogP contribution is 2.68. The molecular weight excluding hydrogens is 368 g/mol. The normalized spacial score (nSPS) is 52.9. The fourth-order valence-corrected chi connectivity index (χ4v) is 8.68. The SMILES string of the molecule is C[C@H](CCC(=O)O)[C@H]1CCC2[C@@H]3[C@H](O)C[C@@H]4C[C@H](O)CC[C@]4(C)[C@H]3C[C@H](O)[C@@]21C. The molecule has 0 bridgehead atoms. The second-order valence-electron chi connectivity index (χ2n) is 11.4. The number of aliphatic hydroxyl groups excluding tert-OH is 3. The van der Waals surface area contributed by atoms with Crippen molar-refractivity contribution in [2.75, 3.05) is 0 Å². The Morgan fingerprint density at radius 1 is 1.03 bits per heavy atom. The van der Waals surface area contributed by atoms with E-state index >= 15 is 0 Å². The molecule has 0 aromatic carbocycles. The number of aliphatic carboxylic acids is 1. The fourth-order valence-electron chi connectivity index (χ4n) is 8.68. The van der Waals surface area contributed by atoms with Crippen molar-refractivity contribution >= 4 is 5.97 Å². The molecule has 4 aliphatic carbocycles. The number of carbonyl (C=O) groups is 1. The van der Waals surface area contributed by atoms with Crippen LogP contribution in [0.25, 0.3) is 0 Å². The number of fused-ring (bicyclic) bond motifs is 5. The van der Waals surface area contributed by atoms with Crippen LogP contribution in [0.15, 0.2) is 0 Å². The third kappa shape index (κ3) is 3.27. The maximum absolute atomic E-state index is 11.5. The lowest BCUT2D eigenvalue weighted by Gasteiger charge is -2.63. The molecule has 5 nitrogen and oxygen atoms in total. The molecule has 4 fully saturated rings. The maximum atomic E-state index is 11.5. The Bertz CT molecular complexity index is 637. The zero-order valence-corrected chi connectivity index (χ0v) is 18.3. The van der Waals surface area contributed by atoms with Gasteiger partial charge in [-0.25, -0.2) is 0 Å². The number of aliphatic hydroxyl groups is 3. The Kier molecular flexibility index (Phi) is 5.57. The topological polar surface area (TPSA) is 98.0 Å². The first-order chi connectivity index (χ1) is 13.6. The molecule has 166 valence electrons. The minimum atomic E-state index is -0.748. The van der Waals surface area contributed by atoms with Gasteiger partial charge in [0.25, 0.3) is 0 Å². The third-order valence-corrected chi connectivity index (χ3v) is 10.3. The highest BCUT2D eigenvalue weighted by atomic mass is 16.4. The van der Waals surface area contributed by atoms with Gasteiger partial charge in [-0.1, -0.05) is 20.8 Å². The van der Waals surface area contributed by atoms with E-state index in [9.17, 15) is 20.1 Å². The van der Waals surface area contributed by atoms with E-state index < -0.39 is 12.1 Å². The van der Waals surface area contributed by atoms with Gasteiger partial charge in [-0.3, -0.25) is 4.79 Å². The predicted molar refractivity (Wildman–Crippen MR) is 110 cm³/mol. The van der Waals surface area contributed by atoms with E-state index in [0.29, 0.717) is 30.1 Å². The molecule has 0 aliphatic heterocycles. The third-order valence-electron chi connectivity index (χ3n) is 10.3. The summed E-state index contributed by atoms with van der Waals surface area (Å²) in [5.41, 5.74) is -0.143. The molecule has 0 aromatic rings. The first-order valence-electron chi connectivity index (χ1n) is 11.8. The quantitative estimate of drug-likeness (QED) is 0.571. The standard InChI is InChI=1S/C24H40O5/c1-13(4-7-21(28)29)16-5-6-17-22-18(12-20(27)24(16,17)3)23(2)9-8-15(25)10-14(23)11-19(22)26/h13-20,22,25-27H,4-12H2,1-3H3,(H,28,29)/t13-,14+,15-,16-,17?,18+,19-,20+,22+,23+,24-/m1/s1. The van der Waals surface area contributed by atoms with Gasteiger partial charge in [0.1, 0.15) is 0 Å². The minimum Gasteiger partial charge on any atom is -0.481 e. The average molecular weight is 409 g/mol. The molecule has 4 saturated carbocycles. The highest BCUT2D eigenvalue weighted by molar-refractivity contribution is 5.66. The summed E-state index contributed by atoms with van der Waals surface area (Å²) >= 11 is 0.